The summed E-state index contributed by atoms with van der Waals surface area (Å²) >= 11 is 20.6. The number of amides is 2. The minimum Gasteiger partial charge on any atom is -0.619 e. The molecule has 554 valence electrons. The number of piperidine rings is 4. The van der Waals surface area contributed by atoms with Gasteiger partial charge in [-0.1, -0.05) is 65.3 Å². The number of nitrogens with two attached hydrogens (primary N) is 1. The van der Waals surface area contributed by atoms with E-state index in [9.17, 15) is 10.0 Å². The second-order valence-electron chi connectivity index (χ2n) is 26.5. The third-order valence-electron chi connectivity index (χ3n) is 19.4. The van der Waals surface area contributed by atoms with Crippen molar-refractivity contribution in [2.24, 2.45) is 5.73 Å². The number of halogens is 5. The van der Waals surface area contributed by atoms with Gasteiger partial charge in [-0.05, 0) is 197 Å². The van der Waals surface area contributed by atoms with Gasteiger partial charge in [-0.2, -0.15) is 48.2 Å². The van der Waals surface area contributed by atoms with Crippen LogP contribution in [0.4, 0.5) is 28.1 Å². The van der Waals surface area contributed by atoms with E-state index in [1.165, 1.54) is 12.6 Å². The number of urea groups is 1. The summed E-state index contributed by atoms with van der Waals surface area (Å²) in [5.74, 6) is 5.61. The Labute approximate surface area is 655 Å². The molecule has 17 rings (SSSR count). The van der Waals surface area contributed by atoms with Gasteiger partial charge in [0.05, 0.1) is 48.4 Å². The molecule has 4 fully saturated rings. The molecule has 4 saturated heterocycles. The quantitative estimate of drug-likeness (QED) is 0.0292. The molecule has 11 aromatic heterocycles. The number of carbonyl (C=O) groups is 1. The Morgan fingerprint density at radius 2 is 1.07 bits per heavy atom. The Balaban J connectivity index is 0.000000120. The molecule has 0 bridgehead atoms. The van der Waals surface area contributed by atoms with Gasteiger partial charge >= 0.3 is 6.03 Å². The summed E-state index contributed by atoms with van der Waals surface area (Å²) < 4.78 is 16.4. The van der Waals surface area contributed by atoms with Crippen molar-refractivity contribution in [2.45, 2.75) is 108 Å². The van der Waals surface area contributed by atoms with Crippen molar-refractivity contribution in [3.8, 4) is 22.6 Å². The zero-order valence-corrected chi connectivity index (χ0v) is 65.5. The highest BCUT2D eigenvalue weighted by Crippen LogP contribution is 2.35. The molecule has 0 spiro atoms. The number of hydrogen-bond acceptors (Lipinski definition) is 21. The van der Waals surface area contributed by atoms with E-state index in [1.54, 1.807) is 57.2 Å². The van der Waals surface area contributed by atoms with Crippen molar-refractivity contribution in [3.63, 3.8) is 0 Å². The molecule has 2 aromatic carbocycles. The number of hydrogen-bond donors (Lipinski definition) is 8. The number of anilines is 4. The van der Waals surface area contributed by atoms with E-state index in [1.807, 2.05) is 69.8 Å². The smallest absolute Gasteiger partial charge is 0.315 e. The number of benzene rings is 2. The van der Waals surface area contributed by atoms with Gasteiger partial charge in [0.15, 0.2) is 35.0 Å². The highest BCUT2D eigenvalue weighted by molar-refractivity contribution is 9.11. The first kappa shape index (κ1) is 74.6. The molecular weight excluding hydrogens is 1640 g/mol. The van der Waals surface area contributed by atoms with Crippen LogP contribution in [0.15, 0.2) is 175 Å². The molecule has 0 saturated carbocycles. The first-order valence-electron chi connectivity index (χ1n) is 35.8. The number of likely N-dealkylation sites (tertiary alicyclic amines) is 1. The lowest BCUT2D eigenvalue weighted by Crippen LogP contribution is -2.47. The predicted octanol–water partition coefficient (Wildman–Crippen LogP) is 13.3. The fraction of sp³-hybridized carbons (Fsp3) is 0.338. The monoisotopic (exact) mass is 1720 g/mol. The summed E-state index contributed by atoms with van der Waals surface area (Å²) in [6, 6.07) is 31.5. The van der Waals surface area contributed by atoms with Gasteiger partial charge in [-0.25, -0.2) is 24.7 Å². The zero-order chi connectivity index (χ0) is 73.6. The summed E-state index contributed by atoms with van der Waals surface area (Å²) in [5, 5.41) is 57.7. The molecule has 33 heteroatoms. The van der Waals surface area contributed by atoms with Crippen LogP contribution < -0.4 is 47.7 Å². The number of primary amides is 1. The molecule has 2 amide bonds. The van der Waals surface area contributed by atoms with Crippen LogP contribution in [0.1, 0.15) is 116 Å². The van der Waals surface area contributed by atoms with Crippen molar-refractivity contribution in [1.82, 2.24) is 94.4 Å². The third kappa shape index (κ3) is 18.5. The molecular formula is C74H80Br4ClN25O3. The van der Waals surface area contributed by atoms with E-state index in [0.717, 1.165) is 223 Å². The summed E-state index contributed by atoms with van der Waals surface area (Å²) in [6.07, 6.45) is 25.7. The van der Waals surface area contributed by atoms with Crippen LogP contribution in [0.25, 0.3) is 45.2 Å². The van der Waals surface area contributed by atoms with Gasteiger partial charge in [-0.15, -0.1) is 0 Å². The van der Waals surface area contributed by atoms with Crippen molar-refractivity contribution < 1.29 is 14.0 Å². The number of rotatable bonds is 18. The van der Waals surface area contributed by atoms with E-state index in [0.29, 0.717) is 60.4 Å². The summed E-state index contributed by atoms with van der Waals surface area (Å²) in [4.78, 5) is 41.0. The molecule has 9 N–H and O–H groups in total. The van der Waals surface area contributed by atoms with Gasteiger partial charge in [-0.3, -0.25) is 4.98 Å². The molecule has 13 aromatic rings. The second-order valence-corrected chi connectivity index (χ2v) is 30.4. The standard InChI is InChI=1S/C20H22BrClN6O.C20H20BrN7O.C17H19BrN6O.C17H19BrN6/c21-15-12-25-28-18(24-9-8-13-5-3-4-10-27(13)20(23)29)11-17(26-19(15)28)14-6-1-2-7-16(14)22;21-16-11-25-28-18(9-17(26-20(16)28)14-5-7-22-8-6-14)23-10-13-1-3-15(4-2-13)19-24-12-29-27-19;18-14-10-21-24-16(20-9-12-2-1-7-23(25)11-12)8-15(22-17(14)24)13-3-5-19-6-4-13;18-14-11-22-24-16(21-10-12-2-1-5-20-9-12)8-15(23-17(14)24)13-3-6-19-7-4-13/h1-2,6-7,11-13,24H,3-5,8-10H2,(H2,23,29);1-4,9,11-12,14,22-23H,5-8,10H2;1-2,7-8,10-11,13,19-20H,3-6,9H2;1-2,5,8-9,11,13,19,21H,3-4,6-7,10H2. The van der Waals surface area contributed by atoms with Crippen LogP contribution in [0.3, 0.4) is 0 Å². The second kappa shape index (κ2) is 35.6. The van der Waals surface area contributed by atoms with Crippen LogP contribution in [0, 0.1) is 5.21 Å². The molecule has 107 heavy (non-hydrogen) atoms. The van der Waals surface area contributed by atoms with Gasteiger partial charge in [0.25, 0.3) is 0 Å². The number of nitrogens with one attached hydrogen (secondary N) is 7. The average Bonchev–Trinajstić information content (AvgIpc) is 1.71. The Kier molecular flexibility index (Phi) is 24.8. The first-order valence-corrected chi connectivity index (χ1v) is 39.4. The fourth-order valence-electron chi connectivity index (χ4n) is 13.8. The maximum atomic E-state index is 11.7. The van der Waals surface area contributed by atoms with E-state index in [4.69, 9.17) is 41.8 Å². The van der Waals surface area contributed by atoms with Crippen LogP contribution in [-0.4, -0.2) is 143 Å². The molecule has 1 atom stereocenters. The van der Waals surface area contributed by atoms with Crippen LogP contribution in [-0.2, 0) is 19.6 Å². The Morgan fingerprint density at radius 3 is 1.55 bits per heavy atom. The van der Waals surface area contributed by atoms with Crippen molar-refractivity contribution >= 4 is 127 Å². The maximum absolute atomic E-state index is 11.7. The predicted molar refractivity (Wildman–Crippen MR) is 426 cm³/mol. The summed E-state index contributed by atoms with van der Waals surface area (Å²) in [5.41, 5.74) is 17.9. The molecule has 0 radical (unpaired) electrons. The zero-order valence-electron chi connectivity index (χ0n) is 58.4. The Hall–Kier alpha value is -9.28. The highest BCUT2D eigenvalue weighted by atomic mass is 79.9. The number of aromatic nitrogens is 16. The molecule has 28 nitrogen and oxygen atoms in total. The van der Waals surface area contributed by atoms with E-state index >= 15 is 0 Å². The number of nitrogens with zero attached hydrogens (tertiary/aromatic N) is 17. The lowest BCUT2D eigenvalue weighted by Gasteiger charge is -2.34. The van der Waals surface area contributed by atoms with E-state index in [-0.39, 0.29) is 12.1 Å². The largest absolute Gasteiger partial charge is 0.619 e. The van der Waals surface area contributed by atoms with E-state index < -0.39 is 0 Å². The van der Waals surface area contributed by atoms with Crippen molar-refractivity contribution in [1.29, 1.82) is 0 Å². The topological polar surface area (TPSA) is 330 Å². The fourth-order valence-corrected chi connectivity index (χ4v) is 15.4. The van der Waals surface area contributed by atoms with E-state index in [2.05, 4.69) is 173 Å². The molecule has 15 heterocycles. The third-order valence-corrected chi connectivity index (χ3v) is 22.0. The van der Waals surface area contributed by atoms with Crippen LogP contribution in [0.5, 0.6) is 0 Å². The van der Waals surface area contributed by atoms with Crippen LogP contribution >= 0.6 is 75.3 Å². The SMILES string of the molecule is Brc1cnn2c(NCc3ccc(-c4ncon4)cc3)cc(C3CCNCC3)nc12.Brc1cnn2c(NCc3cccnc3)cc(C3CCNCC3)nc12.NC(=O)N1CCCCC1CCNc1cc(-c2ccccc2Cl)nc2c(Br)cnn12.[O-][n+]1cccc(CNc2cc(C3CCNCC3)nc3c(Br)cnn23)c1. The lowest BCUT2D eigenvalue weighted by molar-refractivity contribution is -0.605. The molecule has 4 aliphatic rings. The van der Waals surface area contributed by atoms with Crippen molar-refractivity contribution in [2.75, 3.05) is 73.6 Å². The minimum atomic E-state index is -0.335. The molecule has 1 unspecified atom stereocenters. The highest BCUT2D eigenvalue weighted by Gasteiger charge is 2.27. The Bertz CT molecular complexity index is 5120. The lowest BCUT2D eigenvalue weighted by atomic mass is 9.94. The van der Waals surface area contributed by atoms with Gasteiger partial charge < -0.3 is 57.6 Å². The van der Waals surface area contributed by atoms with Crippen molar-refractivity contribution in [3.05, 3.63) is 215 Å². The molecule has 4 aliphatic heterocycles. The average molecular weight is 1720 g/mol. The maximum Gasteiger partial charge on any atom is 0.315 e. The number of fused-ring (bicyclic) bond motifs is 4. The minimum absolute atomic E-state index is 0.165. The van der Waals surface area contributed by atoms with Crippen LogP contribution in [0.2, 0.25) is 5.02 Å². The first-order chi connectivity index (χ1) is 52.3. The summed E-state index contributed by atoms with van der Waals surface area (Å²) in [6.45, 7) is 9.57. The molecule has 0 aliphatic carbocycles. The summed E-state index contributed by atoms with van der Waals surface area (Å²) in [7, 11) is 0. The Morgan fingerprint density at radius 1 is 0.570 bits per heavy atom. The number of carbonyl (C=O) groups excluding carboxylic acids is 1. The van der Waals surface area contributed by atoms with Gasteiger partial charge in [0.2, 0.25) is 12.2 Å². The van der Waals surface area contributed by atoms with Gasteiger partial charge in [0.1, 0.15) is 23.3 Å². The van der Waals surface area contributed by atoms with Gasteiger partial charge in [0, 0.05) is 138 Å². The normalized spacial score (nSPS) is 15.8. The number of pyridine rings is 2.